The van der Waals surface area contributed by atoms with E-state index in [9.17, 15) is 13.2 Å². The number of anilines is 1. The zero-order chi connectivity index (χ0) is 15.5. The molecule has 0 unspecified atom stereocenters. The van der Waals surface area contributed by atoms with E-state index in [1.807, 2.05) is 12.1 Å². The molecule has 6 nitrogen and oxygen atoms in total. The highest BCUT2D eigenvalue weighted by Gasteiger charge is 2.23. The third kappa shape index (κ3) is 4.17. The normalized spacial score (nSPS) is 16.8. The fourth-order valence-electron chi connectivity index (χ4n) is 2.18. The maximum atomic E-state index is 11.7. The number of hydrogen-bond donors (Lipinski definition) is 1. The van der Waals surface area contributed by atoms with Crippen LogP contribution in [0.1, 0.15) is 25.3 Å². The van der Waals surface area contributed by atoms with Crippen LogP contribution in [0, 0.1) is 0 Å². The summed E-state index contributed by atoms with van der Waals surface area (Å²) < 4.78 is 22.6. The third-order valence-electron chi connectivity index (χ3n) is 3.72. The summed E-state index contributed by atoms with van der Waals surface area (Å²) in [6, 6.07) is 3.85. The largest absolute Gasteiger partial charge is 0.357 e. The van der Waals surface area contributed by atoms with Crippen LogP contribution in [-0.2, 0) is 21.2 Å². The number of hydrogen-bond acceptors (Lipinski definition) is 5. The monoisotopic (exact) mass is 311 g/mol. The van der Waals surface area contributed by atoms with Crippen molar-refractivity contribution in [2.45, 2.75) is 31.6 Å². The average molecular weight is 311 g/mol. The molecule has 21 heavy (non-hydrogen) atoms. The summed E-state index contributed by atoms with van der Waals surface area (Å²) in [5.41, 5.74) is 0.854. The van der Waals surface area contributed by atoms with Gasteiger partial charge in [-0.3, -0.25) is 4.79 Å². The van der Waals surface area contributed by atoms with Crippen molar-refractivity contribution in [1.82, 2.24) is 10.3 Å². The van der Waals surface area contributed by atoms with Gasteiger partial charge in [-0.2, -0.15) is 0 Å². The van der Waals surface area contributed by atoms with Gasteiger partial charge >= 0.3 is 0 Å². The minimum atomic E-state index is -3.36. The van der Waals surface area contributed by atoms with Crippen LogP contribution in [0.25, 0.3) is 0 Å². The lowest BCUT2D eigenvalue weighted by molar-refractivity contribution is -0.120. The second-order valence-corrected chi connectivity index (χ2v) is 7.77. The number of rotatable bonds is 5. The van der Waals surface area contributed by atoms with Crippen LogP contribution in [0.2, 0.25) is 0 Å². The Kier molecular flexibility index (Phi) is 4.82. The molecule has 0 spiro atoms. The summed E-state index contributed by atoms with van der Waals surface area (Å²) in [7, 11) is -3.36. The number of sulfone groups is 1. The van der Waals surface area contributed by atoms with Crippen molar-refractivity contribution in [3.8, 4) is 0 Å². The predicted octanol–water partition coefficient (Wildman–Crippen LogP) is 0.731. The van der Waals surface area contributed by atoms with Gasteiger partial charge in [0.2, 0.25) is 5.91 Å². The van der Waals surface area contributed by atoms with Gasteiger partial charge < -0.3 is 10.2 Å². The Labute approximate surface area is 125 Å². The Morgan fingerprint density at radius 1 is 1.38 bits per heavy atom. The van der Waals surface area contributed by atoms with Gasteiger partial charge in [-0.1, -0.05) is 6.07 Å². The molecule has 7 heteroatoms. The lowest BCUT2D eigenvalue weighted by Gasteiger charge is -2.16. The molecule has 0 aromatic carbocycles. The van der Waals surface area contributed by atoms with Crippen LogP contribution in [0.5, 0.6) is 0 Å². The first-order valence-corrected chi connectivity index (χ1v) is 9.00. The Bertz CT molecular complexity index is 592. The Morgan fingerprint density at radius 3 is 2.57 bits per heavy atom. The first kappa shape index (κ1) is 15.8. The molecule has 0 radical (unpaired) electrons. The van der Waals surface area contributed by atoms with Gasteiger partial charge in [0.05, 0.1) is 0 Å². The molecule has 0 bridgehead atoms. The molecular formula is C14H21N3O3S. The molecule has 0 saturated carbocycles. The Hall–Kier alpha value is -1.63. The molecule has 2 heterocycles. The van der Waals surface area contributed by atoms with Crippen LogP contribution in [0.4, 0.5) is 5.82 Å². The van der Waals surface area contributed by atoms with Gasteiger partial charge in [-0.15, -0.1) is 0 Å². The molecule has 0 aliphatic carbocycles. The van der Waals surface area contributed by atoms with Crippen molar-refractivity contribution in [3.05, 3.63) is 23.9 Å². The SMILES string of the molecule is C[C@@H](C(=O)NCc1ccc(N2CCCC2)nc1)S(C)(=O)=O. The van der Waals surface area contributed by atoms with Gasteiger partial charge in [0, 0.05) is 32.1 Å². The minimum Gasteiger partial charge on any atom is -0.357 e. The number of nitrogens with zero attached hydrogens (tertiary/aromatic N) is 2. The van der Waals surface area contributed by atoms with Crippen molar-refractivity contribution in [1.29, 1.82) is 0 Å². The van der Waals surface area contributed by atoms with E-state index in [4.69, 9.17) is 0 Å². The third-order valence-corrected chi connectivity index (χ3v) is 5.22. The molecule has 1 aliphatic heterocycles. The van der Waals surface area contributed by atoms with E-state index in [1.54, 1.807) is 6.20 Å². The van der Waals surface area contributed by atoms with Gasteiger partial charge in [-0.05, 0) is 31.4 Å². The van der Waals surface area contributed by atoms with Crippen molar-refractivity contribution >= 4 is 21.6 Å². The maximum absolute atomic E-state index is 11.7. The molecule has 1 fully saturated rings. The summed E-state index contributed by atoms with van der Waals surface area (Å²) in [6.45, 7) is 3.75. The number of carbonyl (C=O) groups excluding carboxylic acids is 1. The number of carbonyl (C=O) groups is 1. The number of pyridine rings is 1. The van der Waals surface area contributed by atoms with E-state index in [0.29, 0.717) is 0 Å². The molecule has 1 N–H and O–H groups in total. The van der Waals surface area contributed by atoms with E-state index in [1.165, 1.54) is 19.8 Å². The molecule has 116 valence electrons. The molecular weight excluding hydrogens is 290 g/mol. The van der Waals surface area contributed by atoms with Gasteiger partial charge in [0.1, 0.15) is 11.1 Å². The van der Waals surface area contributed by atoms with E-state index in [-0.39, 0.29) is 6.54 Å². The van der Waals surface area contributed by atoms with Crippen molar-refractivity contribution in [2.24, 2.45) is 0 Å². The summed E-state index contributed by atoms with van der Waals surface area (Å²) in [4.78, 5) is 18.3. The van der Waals surface area contributed by atoms with Crippen LogP contribution in [0.3, 0.4) is 0 Å². The first-order chi connectivity index (χ1) is 9.88. The standard InChI is InChI=1S/C14H21N3O3S/c1-11(21(2,19)20)14(18)16-10-12-5-6-13(15-9-12)17-7-3-4-8-17/h5-6,9,11H,3-4,7-8,10H2,1-2H3,(H,16,18)/t11-/m0/s1. The Balaban J connectivity index is 1.90. The summed E-state index contributed by atoms with van der Waals surface area (Å²) in [6.07, 6.45) is 5.18. The molecule has 1 aromatic rings. The molecule has 1 atom stereocenters. The van der Waals surface area contributed by atoms with Gasteiger partial charge in [0.25, 0.3) is 0 Å². The van der Waals surface area contributed by atoms with Gasteiger partial charge in [0.15, 0.2) is 9.84 Å². The lowest BCUT2D eigenvalue weighted by Crippen LogP contribution is -2.37. The number of nitrogens with one attached hydrogen (secondary N) is 1. The zero-order valence-electron chi connectivity index (χ0n) is 12.4. The van der Waals surface area contributed by atoms with Crippen LogP contribution < -0.4 is 10.2 Å². The topological polar surface area (TPSA) is 79.4 Å². The second-order valence-electron chi connectivity index (χ2n) is 5.41. The summed E-state index contributed by atoms with van der Waals surface area (Å²) in [5, 5.41) is 1.59. The van der Waals surface area contributed by atoms with Crippen molar-refractivity contribution in [2.75, 3.05) is 24.2 Å². The second kappa shape index (κ2) is 6.43. The van der Waals surface area contributed by atoms with E-state index < -0.39 is 21.0 Å². The molecule has 2 rings (SSSR count). The van der Waals surface area contributed by atoms with Gasteiger partial charge in [-0.25, -0.2) is 13.4 Å². The number of amides is 1. The molecule has 1 aromatic heterocycles. The molecule has 1 saturated heterocycles. The zero-order valence-corrected chi connectivity index (χ0v) is 13.2. The van der Waals surface area contributed by atoms with Crippen LogP contribution in [0.15, 0.2) is 18.3 Å². The maximum Gasteiger partial charge on any atom is 0.238 e. The fraction of sp³-hybridized carbons (Fsp3) is 0.571. The van der Waals surface area contributed by atoms with E-state index in [2.05, 4.69) is 15.2 Å². The van der Waals surface area contributed by atoms with E-state index in [0.717, 1.165) is 30.7 Å². The number of aromatic nitrogens is 1. The molecule has 1 aliphatic rings. The van der Waals surface area contributed by atoms with E-state index >= 15 is 0 Å². The quantitative estimate of drug-likeness (QED) is 0.867. The highest BCUT2D eigenvalue weighted by Crippen LogP contribution is 2.17. The smallest absolute Gasteiger partial charge is 0.238 e. The highest BCUT2D eigenvalue weighted by atomic mass is 32.2. The first-order valence-electron chi connectivity index (χ1n) is 7.04. The predicted molar refractivity (Wildman–Crippen MR) is 81.8 cm³/mol. The van der Waals surface area contributed by atoms with Crippen LogP contribution >= 0.6 is 0 Å². The van der Waals surface area contributed by atoms with Crippen molar-refractivity contribution in [3.63, 3.8) is 0 Å². The molecule has 1 amide bonds. The van der Waals surface area contributed by atoms with Crippen molar-refractivity contribution < 1.29 is 13.2 Å². The minimum absolute atomic E-state index is 0.284. The average Bonchev–Trinajstić information content (AvgIpc) is 2.97. The Morgan fingerprint density at radius 2 is 2.05 bits per heavy atom. The summed E-state index contributed by atoms with van der Waals surface area (Å²) in [5.74, 6) is 0.466. The fourth-order valence-corrected chi connectivity index (χ4v) is 2.65. The highest BCUT2D eigenvalue weighted by molar-refractivity contribution is 7.92. The lowest BCUT2D eigenvalue weighted by atomic mass is 10.2. The van der Waals surface area contributed by atoms with Crippen LogP contribution in [-0.4, -0.2) is 43.9 Å². The summed E-state index contributed by atoms with van der Waals surface area (Å²) >= 11 is 0.